The Kier molecular flexibility index (Phi) is 2.66. The molecule has 0 unspecified atom stereocenters. The van der Waals surface area contributed by atoms with Gasteiger partial charge in [0.2, 0.25) is 0 Å². The number of phenolic OH excluding ortho intramolecular Hbond substituents is 1. The molecule has 0 saturated carbocycles. The quantitative estimate of drug-likeness (QED) is 0.759. The summed E-state index contributed by atoms with van der Waals surface area (Å²) < 4.78 is 13.1. The maximum Gasteiger partial charge on any atom is 0.134 e. The van der Waals surface area contributed by atoms with E-state index in [2.05, 4.69) is 0 Å². The summed E-state index contributed by atoms with van der Waals surface area (Å²) in [4.78, 5) is 10.8. The number of hydrogen-bond acceptors (Lipinski definition) is 2. The summed E-state index contributed by atoms with van der Waals surface area (Å²) >= 11 is 0. The zero-order valence-corrected chi connectivity index (χ0v) is 7.60. The lowest BCUT2D eigenvalue weighted by molar-refractivity contribution is -0.116. The van der Waals surface area contributed by atoms with Gasteiger partial charge in [0.05, 0.1) is 0 Å². The number of Topliss-reactive ketones (excluding diaryl/α,β-unsaturated/α-hetero) is 1. The van der Waals surface area contributed by atoms with Gasteiger partial charge in [-0.1, -0.05) is 0 Å². The minimum Gasteiger partial charge on any atom is -0.508 e. The largest absolute Gasteiger partial charge is 0.508 e. The number of carbonyl (C=O) groups is 1. The standard InChI is InChI=1S/C10H11FO2/c1-6(12)5-8-7(2)10(13)4-3-9(8)11/h3-4,13H,5H2,1-2H3. The van der Waals surface area contributed by atoms with Crippen LogP contribution in [0.25, 0.3) is 0 Å². The molecule has 0 spiro atoms. The van der Waals surface area contributed by atoms with Gasteiger partial charge in [0, 0.05) is 12.0 Å². The smallest absolute Gasteiger partial charge is 0.134 e. The van der Waals surface area contributed by atoms with Gasteiger partial charge in [-0.2, -0.15) is 0 Å². The Morgan fingerprint density at radius 2 is 2.15 bits per heavy atom. The molecule has 1 N–H and O–H groups in total. The lowest BCUT2D eigenvalue weighted by Gasteiger charge is -2.06. The van der Waals surface area contributed by atoms with Gasteiger partial charge in [0.15, 0.2) is 0 Å². The fraction of sp³-hybridized carbons (Fsp3) is 0.300. The molecular formula is C10H11FO2. The summed E-state index contributed by atoms with van der Waals surface area (Å²) in [5.74, 6) is -0.532. The fourth-order valence-electron chi connectivity index (χ4n) is 1.18. The number of halogens is 1. The Morgan fingerprint density at radius 3 is 2.69 bits per heavy atom. The van der Waals surface area contributed by atoms with Crippen LogP contribution in [-0.2, 0) is 11.2 Å². The Balaban J connectivity index is 3.17. The molecular weight excluding hydrogens is 171 g/mol. The van der Waals surface area contributed by atoms with Gasteiger partial charge in [0.1, 0.15) is 17.3 Å². The van der Waals surface area contributed by atoms with Crippen LogP contribution in [0.1, 0.15) is 18.1 Å². The lowest BCUT2D eigenvalue weighted by atomic mass is 10.0. The van der Waals surface area contributed by atoms with Crippen molar-refractivity contribution in [1.82, 2.24) is 0 Å². The highest BCUT2D eigenvalue weighted by molar-refractivity contribution is 5.78. The van der Waals surface area contributed by atoms with Crippen molar-refractivity contribution >= 4 is 5.78 Å². The summed E-state index contributed by atoms with van der Waals surface area (Å²) in [6.07, 6.45) is 0.0338. The normalized spacial score (nSPS) is 10.1. The number of phenols is 1. The lowest BCUT2D eigenvalue weighted by Crippen LogP contribution is -2.02. The zero-order valence-electron chi connectivity index (χ0n) is 7.60. The molecule has 0 heterocycles. The van der Waals surface area contributed by atoms with E-state index in [0.717, 1.165) is 0 Å². The van der Waals surface area contributed by atoms with Crippen LogP contribution in [0.2, 0.25) is 0 Å². The predicted octanol–water partition coefficient (Wildman–Crippen LogP) is 1.97. The molecule has 0 bridgehead atoms. The highest BCUT2D eigenvalue weighted by Crippen LogP contribution is 2.23. The molecule has 0 fully saturated rings. The summed E-state index contributed by atoms with van der Waals surface area (Å²) in [6, 6.07) is 2.45. The first kappa shape index (κ1) is 9.71. The van der Waals surface area contributed by atoms with E-state index in [4.69, 9.17) is 0 Å². The molecule has 0 aromatic heterocycles. The van der Waals surface area contributed by atoms with E-state index in [9.17, 15) is 14.3 Å². The van der Waals surface area contributed by atoms with Crippen molar-refractivity contribution in [3.63, 3.8) is 0 Å². The zero-order chi connectivity index (χ0) is 10.0. The van der Waals surface area contributed by atoms with E-state index in [1.54, 1.807) is 6.92 Å². The molecule has 70 valence electrons. The molecule has 2 nitrogen and oxygen atoms in total. The van der Waals surface area contributed by atoms with Crippen molar-refractivity contribution in [2.45, 2.75) is 20.3 Å². The molecule has 13 heavy (non-hydrogen) atoms. The van der Waals surface area contributed by atoms with Crippen LogP contribution in [0.4, 0.5) is 4.39 Å². The van der Waals surface area contributed by atoms with Crippen molar-refractivity contribution in [2.75, 3.05) is 0 Å². The van der Waals surface area contributed by atoms with Gasteiger partial charge in [-0.05, 0) is 31.5 Å². The molecule has 0 aliphatic carbocycles. The molecule has 0 aliphatic heterocycles. The summed E-state index contributed by atoms with van der Waals surface area (Å²) in [7, 11) is 0. The van der Waals surface area contributed by atoms with Crippen LogP contribution >= 0.6 is 0 Å². The molecule has 1 aromatic carbocycles. The fourth-order valence-corrected chi connectivity index (χ4v) is 1.18. The van der Waals surface area contributed by atoms with Gasteiger partial charge in [0.25, 0.3) is 0 Å². The highest BCUT2D eigenvalue weighted by atomic mass is 19.1. The van der Waals surface area contributed by atoms with E-state index in [0.29, 0.717) is 5.56 Å². The van der Waals surface area contributed by atoms with E-state index < -0.39 is 5.82 Å². The highest BCUT2D eigenvalue weighted by Gasteiger charge is 2.10. The summed E-state index contributed by atoms with van der Waals surface area (Å²) in [6.45, 7) is 2.99. The number of carbonyl (C=O) groups excluding carboxylic acids is 1. The molecule has 0 amide bonds. The van der Waals surface area contributed by atoms with Crippen molar-refractivity contribution in [1.29, 1.82) is 0 Å². The first-order chi connectivity index (χ1) is 6.02. The topological polar surface area (TPSA) is 37.3 Å². The number of ketones is 1. The number of rotatable bonds is 2. The van der Waals surface area contributed by atoms with Crippen molar-refractivity contribution < 1.29 is 14.3 Å². The Labute approximate surface area is 76.0 Å². The Hall–Kier alpha value is -1.38. The molecule has 3 heteroatoms. The maximum atomic E-state index is 13.1. The Morgan fingerprint density at radius 1 is 1.54 bits per heavy atom. The second-order valence-electron chi connectivity index (χ2n) is 3.05. The van der Waals surface area contributed by atoms with Gasteiger partial charge in [-0.25, -0.2) is 4.39 Å². The maximum absolute atomic E-state index is 13.1. The van der Waals surface area contributed by atoms with Gasteiger partial charge in [-0.3, -0.25) is 4.79 Å². The van der Waals surface area contributed by atoms with E-state index in [1.165, 1.54) is 19.1 Å². The molecule has 1 aromatic rings. The first-order valence-corrected chi connectivity index (χ1v) is 3.98. The molecule has 0 radical (unpaired) electrons. The van der Waals surface area contributed by atoms with Crippen LogP contribution in [0.5, 0.6) is 5.75 Å². The monoisotopic (exact) mass is 182 g/mol. The first-order valence-electron chi connectivity index (χ1n) is 3.98. The van der Waals surface area contributed by atoms with Gasteiger partial charge < -0.3 is 5.11 Å². The molecule has 0 aliphatic rings. The Bertz CT molecular complexity index is 345. The van der Waals surface area contributed by atoms with E-state index in [-0.39, 0.29) is 23.5 Å². The summed E-state index contributed by atoms with van der Waals surface area (Å²) in [5.41, 5.74) is 0.725. The predicted molar refractivity (Wildman–Crippen MR) is 47.2 cm³/mol. The van der Waals surface area contributed by atoms with Crippen LogP contribution in [-0.4, -0.2) is 10.9 Å². The van der Waals surface area contributed by atoms with Crippen LogP contribution in [0.15, 0.2) is 12.1 Å². The van der Waals surface area contributed by atoms with E-state index >= 15 is 0 Å². The van der Waals surface area contributed by atoms with Crippen molar-refractivity contribution in [3.05, 3.63) is 29.1 Å². The van der Waals surface area contributed by atoms with Gasteiger partial charge in [-0.15, -0.1) is 0 Å². The van der Waals surface area contributed by atoms with Crippen molar-refractivity contribution in [2.24, 2.45) is 0 Å². The van der Waals surface area contributed by atoms with Crippen LogP contribution in [0, 0.1) is 12.7 Å². The summed E-state index contributed by atoms with van der Waals surface area (Å²) in [5, 5.41) is 9.26. The average Bonchev–Trinajstić information content (AvgIpc) is 2.05. The number of hydrogen-bond donors (Lipinski definition) is 1. The number of aromatic hydroxyl groups is 1. The van der Waals surface area contributed by atoms with Gasteiger partial charge >= 0.3 is 0 Å². The van der Waals surface area contributed by atoms with Crippen LogP contribution in [0.3, 0.4) is 0 Å². The molecule has 1 rings (SSSR count). The van der Waals surface area contributed by atoms with Crippen molar-refractivity contribution in [3.8, 4) is 5.75 Å². The molecule has 0 saturated heterocycles. The minimum absolute atomic E-state index is 0.0256. The average molecular weight is 182 g/mol. The SMILES string of the molecule is CC(=O)Cc1c(F)ccc(O)c1C. The second-order valence-corrected chi connectivity index (χ2v) is 3.05. The third-order valence-electron chi connectivity index (χ3n) is 1.94. The third kappa shape index (κ3) is 2.05. The second kappa shape index (κ2) is 3.56. The minimum atomic E-state index is -0.439. The van der Waals surface area contributed by atoms with Crippen LogP contribution < -0.4 is 0 Å². The molecule has 0 atom stereocenters. The van der Waals surface area contributed by atoms with E-state index in [1.807, 2.05) is 0 Å². The number of benzene rings is 1. The third-order valence-corrected chi connectivity index (χ3v) is 1.94.